The first-order valence-corrected chi connectivity index (χ1v) is 8.03. The van der Waals surface area contributed by atoms with Gasteiger partial charge in [0.2, 0.25) is 17.7 Å². The Bertz CT molecular complexity index is 467. The monoisotopic (exact) mass is 309 g/mol. The lowest BCUT2D eigenvalue weighted by Crippen LogP contribution is -2.45. The van der Waals surface area contributed by atoms with Gasteiger partial charge in [-0.3, -0.25) is 19.3 Å². The van der Waals surface area contributed by atoms with Gasteiger partial charge in [0, 0.05) is 12.6 Å². The van der Waals surface area contributed by atoms with Crippen molar-refractivity contribution in [1.82, 2.24) is 15.5 Å². The van der Waals surface area contributed by atoms with Crippen LogP contribution >= 0.6 is 0 Å². The lowest BCUT2D eigenvalue weighted by atomic mass is 9.81. The maximum atomic E-state index is 12.4. The molecule has 7 heteroatoms. The van der Waals surface area contributed by atoms with E-state index in [0.29, 0.717) is 6.54 Å². The van der Waals surface area contributed by atoms with Crippen LogP contribution in [0.15, 0.2) is 0 Å². The molecule has 5 atom stereocenters. The Morgan fingerprint density at radius 3 is 2.41 bits per heavy atom. The first-order valence-electron chi connectivity index (χ1n) is 8.03. The molecular weight excluding hydrogens is 286 g/mol. The highest BCUT2D eigenvalue weighted by atomic mass is 16.5. The van der Waals surface area contributed by atoms with Crippen LogP contribution in [0.1, 0.15) is 26.7 Å². The first kappa shape index (κ1) is 15.4. The van der Waals surface area contributed by atoms with Crippen LogP contribution in [0.3, 0.4) is 0 Å². The van der Waals surface area contributed by atoms with E-state index in [1.807, 2.05) is 13.8 Å². The summed E-state index contributed by atoms with van der Waals surface area (Å²) in [4.78, 5) is 37.9. The smallest absolute Gasteiger partial charge is 0.240 e. The lowest BCUT2D eigenvalue weighted by molar-refractivity contribution is -0.146. The van der Waals surface area contributed by atoms with Gasteiger partial charge in [-0.05, 0) is 26.3 Å². The van der Waals surface area contributed by atoms with Crippen LogP contribution in [0.25, 0.3) is 0 Å². The third-order valence-electron chi connectivity index (χ3n) is 4.84. The summed E-state index contributed by atoms with van der Waals surface area (Å²) in [6, 6.07) is 0.155. The van der Waals surface area contributed by atoms with Gasteiger partial charge < -0.3 is 15.4 Å². The third-order valence-corrected chi connectivity index (χ3v) is 4.84. The maximum absolute atomic E-state index is 12.4. The summed E-state index contributed by atoms with van der Waals surface area (Å²) in [7, 11) is 0. The second-order valence-corrected chi connectivity index (χ2v) is 6.37. The number of nitrogens with zero attached hydrogens (tertiary/aromatic N) is 1. The molecule has 0 aromatic heterocycles. The average molecular weight is 309 g/mol. The standard InChI is InChI=1S/C15H23N3O4/c1-3-16-8(2)6-17-11(19)7-18-14(20)12-9-4-5-10(22-9)13(12)15(18)21/h8-10,12-13,16H,3-7H2,1-2H3,(H,17,19)/t8-,9?,10?,12?,13?/m1/s1. The number of imide groups is 1. The summed E-state index contributed by atoms with van der Waals surface area (Å²) in [5, 5.41) is 5.95. The van der Waals surface area contributed by atoms with E-state index in [-0.39, 0.29) is 54.4 Å². The van der Waals surface area contributed by atoms with E-state index in [4.69, 9.17) is 4.74 Å². The molecule has 3 rings (SSSR count). The van der Waals surface area contributed by atoms with Gasteiger partial charge in [0.1, 0.15) is 6.54 Å². The van der Waals surface area contributed by atoms with Gasteiger partial charge in [-0.2, -0.15) is 0 Å². The Labute approximate surface area is 129 Å². The Kier molecular flexibility index (Phi) is 4.18. The number of fused-ring (bicyclic) bond motifs is 5. The average Bonchev–Trinajstić information content (AvgIpc) is 3.15. The number of hydrogen-bond acceptors (Lipinski definition) is 5. The number of amides is 3. The number of carbonyl (C=O) groups is 3. The molecule has 0 spiro atoms. The minimum atomic E-state index is -0.361. The highest BCUT2D eigenvalue weighted by Gasteiger charge is 2.62. The van der Waals surface area contributed by atoms with Crippen LogP contribution in [-0.2, 0) is 19.1 Å². The number of hydrogen-bond donors (Lipinski definition) is 2. The summed E-state index contributed by atoms with van der Waals surface area (Å²) in [6.45, 7) is 5.09. The fourth-order valence-electron chi connectivity index (χ4n) is 3.82. The quantitative estimate of drug-likeness (QED) is 0.631. The van der Waals surface area contributed by atoms with Crippen molar-refractivity contribution in [2.24, 2.45) is 11.8 Å². The zero-order valence-corrected chi connectivity index (χ0v) is 13.0. The maximum Gasteiger partial charge on any atom is 0.240 e. The Balaban J connectivity index is 1.56. The molecule has 3 aliphatic rings. The molecule has 0 aromatic rings. The Morgan fingerprint density at radius 1 is 1.27 bits per heavy atom. The molecule has 2 bridgehead atoms. The van der Waals surface area contributed by atoms with Gasteiger partial charge in [0.05, 0.1) is 24.0 Å². The molecule has 0 saturated carbocycles. The van der Waals surface area contributed by atoms with Crippen molar-refractivity contribution in [1.29, 1.82) is 0 Å². The van der Waals surface area contributed by atoms with Gasteiger partial charge >= 0.3 is 0 Å². The molecule has 0 aromatic carbocycles. The summed E-state index contributed by atoms with van der Waals surface area (Å²) in [6.07, 6.45) is 1.41. The summed E-state index contributed by atoms with van der Waals surface area (Å²) < 4.78 is 5.66. The minimum absolute atomic E-state index is 0.131. The normalized spacial score (nSPS) is 34.2. The number of rotatable bonds is 6. The molecule has 4 unspecified atom stereocenters. The summed E-state index contributed by atoms with van der Waals surface area (Å²) in [5.74, 6) is -1.49. The number of likely N-dealkylation sites (tertiary alicyclic amines) is 1. The van der Waals surface area contributed by atoms with Crippen LogP contribution in [-0.4, -0.2) is 60.5 Å². The van der Waals surface area contributed by atoms with Gasteiger partial charge in [-0.25, -0.2) is 0 Å². The molecule has 122 valence electrons. The van der Waals surface area contributed by atoms with Gasteiger partial charge in [-0.15, -0.1) is 0 Å². The molecule has 22 heavy (non-hydrogen) atoms. The first-order chi connectivity index (χ1) is 10.5. The van der Waals surface area contributed by atoms with Crippen molar-refractivity contribution in [3.8, 4) is 0 Å². The second-order valence-electron chi connectivity index (χ2n) is 6.37. The van der Waals surface area contributed by atoms with E-state index in [1.54, 1.807) is 0 Å². The molecule has 7 nitrogen and oxygen atoms in total. The van der Waals surface area contributed by atoms with E-state index < -0.39 is 0 Å². The van der Waals surface area contributed by atoms with E-state index in [2.05, 4.69) is 10.6 Å². The molecule has 3 heterocycles. The van der Waals surface area contributed by atoms with Gasteiger partial charge in [-0.1, -0.05) is 6.92 Å². The lowest BCUT2D eigenvalue weighted by Gasteiger charge is -2.18. The Hall–Kier alpha value is -1.47. The minimum Gasteiger partial charge on any atom is -0.373 e. The zero-order valence-electron chi connectivity index (χ0n) is 13.0. The van der Waals surface area contributed by atoms with Crippen molar-refractivity contribution >= 4 is 17.7 Å². The molecule has 0 aliphatic carbocycles. The van der Waals surface area contributed by atoms with Crippen LogP contribution in [0, 0.1) is 11.8 Å². The number of ether oxygens (including phenoxy) is 1. The van der Waals surface area contributed by atoms with Crippen LogP contribution < -0.4 is 10.6 Å². The van der Waals surface area contributed by atoms with Crippen LogP contribution in [0.5, 0.6) is 0 Å². The summed E-state index contributed by atoms with van der Waals surface area (Å²) in [5.41, 5.74) is 0. The topological polar surface area (TPSA) is 87.7 Å². The second kappa shape index (κ2) is 5.96. The van der Waals surface area contributed by atoms with Gasteiger partial charge in [0.25, 0.3) is 0 Å². The highest BCUT2D eigenvalue weighted by Crippen LogP contribution is 2.48. The number of likely N-dealkylation sites (N-methyl/N-ethyl adjacent to an activating group) is 1. The fraction of sp³-hybridized carbons (Fsp3) is 0.800. The van der Waals surface area contributed by atoms with Crippen molar-refractivity contribution in [2.45, 2.75) is 44.9 Å². The van der Waals surface area contributed by atoms with E-state index >= 15 is 0 Å². The summed E-state index contributed by atoms with van der Waals surface area (Å²) >= 11 is 0. The molecule has 0 radical (unpaired) electrons. The predicted octanol–water partition coefficient (Wildman–Crippen LogP) is -0.737. The van der Waals surface area contributed by atoms with Gasteiger partial charge in [0.15, 0.2) is 0 Å². The van der Waals surface area contributed by atoms with Crippen molar-refractivity contribution in [2.75, 3.05) is 19.6 Å². The third kappa shape index (κ3) is 2.52. The highest BCUT2D eigenvalue weighted by molar-refractivity contribution is 6.08. The SMILES string of the molecule is CCN[C@H](C)CNC(=O)CN1C(=O)C2C3CCC(O3)C2C1=O. The van der Waals surface area contributed by atoms with Crippen LogP contribution in [0.4, 0.5) is 0 Å². The predicted molar refractivity (Wildman–Crippen MR) is 77.7 cm³/mol. The van der Waals surface area contributed by atoms with Crippen molar-refractivity contribution in [3.63, 3.8) is 0 Å². The molecule has 3 amide bonds. The zero-order chi connectivity index (χ0) is 15.9. The molecule has 2 N–H and O–H groups in total. The number of nitrogens with one attached hydrogen (secondary N) is 2. The molecule has 3 saturated heterocycles. The van der Waals surface area contributed by atoms with E-state index in [9.17, 15) is 14.4 Å². The molecular formula is C15H23N3O4. The van der Waals surface area contributed by atoms with E-state index in [1.165, 1.54) is 0 Å². The van der Waals surface area contributed by atoms with Crippen LogP contribution in [0.2, 0.25) is 0 Å². The fourth-order valence-corrected chi connectivity index (χ4v) is 3.82. The van der Waals surface area contributed by atoms with E-state index in [0.717, 1.165) is 24.3 Å². The molecule has 3 aliphatic heterocycles. The number of carbonyl (C=O) groups excluding carboxylic acids is 3. The molecule has 3 fully saturated rings. The van der Waals surface area contributed by atoms with Crippen molar-refractivity contribution < 1.29 is 19.1 Å². The van der Waals surface area contributed by atoms with Crippen molar-refractivity contribution in [3.05, 3.63) is 0 Å². The largest absolute Gasteiger partial charge is 0.373 e. The Morgan fingerprint density at radius 2 is 1.86 bits per heavy atom.